The maximum atomic E-state index is 5.94. The fourth-order valence-electron chi connectivity index (χ4n) is 0.992. The van der Waals surface area contributed by atoms with Crippen molar-refractivity contribution in [3.8, 4) is 5.75 Å². The molecule has 0 saturated heterocycles. The van der Waals surface area contributed by atoms with Gasteiger partial charge in [-0.2, -0.15) is 0 Å². The van der Waals surface area contributed by atoms with E-state index in [0.717, 1.165) is 5.56 Å². The highest BCUT2D eigenvalue weighted by atomic mass is 35.5. The smallest absolute Gasteiger partial charge is 0.138 e. The standard InChI is InChI=1S/C9H10Cl2O2/c1-12-5-6-3-8(11)9(13-2)4-7(6)10/h3-4H,5H2,1-2H3. The summed E-state index contributed by atoms with van der Waals surface area (Å²) in [5.74, 6) is 0.575. The van der Waals surface area contributed by atoms with Gasteiger partial charge in [0.1, 0.15) is 5.75 Å². The Morgan fingerprint density at radius 1 is 1.15 bits per heavy atom. The predicted octanol–water partition coefficient (Wildman–Crippen LogP) is 3.15. The molecule has 0 aliphatic carbocycles. The molecule has 0 spiro atoms. The van der Waals surface area contributed by atoms with Crippen molar-refractivity contribution in [3.05, 3.63) is 27.7 Å². The van der Waals surface area contributed by atoms with Crippen molar-refractivity contribution in [1.29, 1.82) is 0 Å². The van der Waals surface area contributed by atoms with Crippen molar-refractivity contribution in [2.75, 3.05) is 14.2 Å². The third kappa shape index (κ3) is 2.50. The summed E-state index contributed by atoms with van der Waals surface area (Å²) in [6.07, 6.45) is 0. The summed E-state index contributed by atoms with van der Waals surface area (Å²) in [7, 11) is 3.15. The fourth-order valence-corrected chi connectivity index (χ4v) is 1.46. The van der Waals surface area contributed by atoms with Crippen LogP contribution in [0.2, 0.25) is 10.0 Å². The molecule has 4 heteroatoms. The second-order valence-electron chi connectivity index (χ2n) is 2.51. The zero-order chi connectivity index (χ0) is 9.84. The molecule has 0 aliphatic rings. The molecule has 0 aliphatic heterocycles. The zero-order valence-corrected chi connectivity index (χ0v) is 8.95. The molecule has 72 valence electrons. The lowest BCUT2D eigenvalue weighted by Crippen LogP contribution is -1.91. The molecule has 1 aromatic rings. The summed E-state index contributed by atoms with van der Waals surface area (Å²) >= 11 is 11.8. The summed E-state index contributed by atoms with van der Waals surface area (Å²) in [5, 5.41) is 1.14. The first kappa shape index (κ1) is 10.6. The lowest BCUT2D eigenvalue weighted by molar-refractivity contribution is 0.185. The summed E-state index contributed by atoms with van der Waals surface area (Å²) < 4.78 is 9.96. The molecule has 2 nitrogen and oxygen atoms in total. The third-order valence-electron chi connectivity index (χ3n) is 1.62. The molecular formula is C9H10Cl2O2. The molecule has 0 aromatic heterocycles. The second-order valence-corrected chi connectivity index (χ2v) is 3.33. The Kier molecular flexibility index (Phi) is 3.85. The summed E-state index contributed by atoms with van der Waals surface area (Å²) in [5.41, 5.74) is 0.856. The van der Waals surface area contributed by atoms with Crippen LogP contribution in [0.3, 0.4) is 0 Å². The van der Waals surface area contributed by atoms with Crippen molar-refractivity contribution in [1.82, 2.24) is 0 Å². The summed E-state index contributed by atoms with van der Waals surface area (Å²) in [6.45, 7) is 0.447. The van der Waals surface area contributed by atoms with Gasteiger partial charge in [0.15, 0.2) is 0 Å². The molecule has 0 atom stereocenters. The Morgan fingerprint density at radius 2 is 1.85 bits per heavy atom. The van der Waals surface area contributed by atoms with Gasteiger partial charge in [0.05, 0.1) is 18.7 Å². The average Bonchev–Trinajstić information content (AvgIpc) is 2.11. The Balaban J connectivity index is 3.05. The SMILES string of the molecule is COCc1cc(Cl)c(OC)cc1Cl. The number of rotatable bonds is 3. The van der Waals surface area contributed by atoms with Crippen molar-refractivity contribution in [3.63, 3.8) is 0 Å². The number of methoxy groups -OCH3 is 2. The number of halogens is 2. The Hall–Kier alpha value is -0.440. The van der Waals surface area contributed by atoms with Gasteiger partial charge < -0.3 is 9.47 Å². The molecule has 1 aromatic carbocycles. The molecule has 1 rings (SSSR count). The monoisotopic (exact) mass is 220 g/mol. The van der Waals surface area contributed by atoms with Gasteiger partial charge >= 0.3 is 0 Å². The molecular weight excluding hydrogens is 211 g/mol. The molecule has 13 heavy (non-hydrogen) atoms. The van der Waals surface area contributed by atoms with Crippen LogP contribution in [0.5, 0.6) is 5.75 Å². The van der Waals surface area contributed by atoms with E-state index in [1.165, 1.54) is 0 Å². The molecule has 0 N–H and O–H groups in total. The minimum Gasteiger partial charge on any atom is -0.495 e. The van der Waals surface area contributed by atoms with Gasteiger partial charge in [-0.05, 0) is 11.6 Å². The first-order valence-corrected chi connectivity index (χ1v) is 4.45. The number of benzene rings is 1. The van der Waals surface area contributed by atoms with E-state index in [-0.39, 0.29) is 0 Å². The maximum absolute atomic E-state index is 5.94. The minimum atomic E-state index is 0.447. The van der Waals surface area contributed by atoms with E-state index in [4.69, 9.17) is 32.7 Å². The first-order chi connectivity index (χ1) is 6.19. The van der Waals surface area contributed by atoms with Crippen LogP contribution in [-0.4, -0.2) is 14.2 Å². The fraction of sp³-hybridized carbons (Fsp3) is 0.333. The van der Waals surface area contributed by atoms with Crippen LogP contribution in [0.25, 0.3) is 0 Å². The van der Waals surface area contributed by atoms with Crippen LogP contribution < -0.4 is 4.74 Å². The van der Waals surface area contributed by atoms with Gasteiger partial charge in [-0.15, -0.1) is 0 Å². The van der Waals surface area contributed by atoms with Gasteiger partial charge in [-0.3, -0.25) is 0 Å². The van der Waals surface area contributed by atoms with Crippen molar-refractivity contribution >= 4 is 23.2 Å². The lowest BCUT2D eigenvalue weighted by atomic mass is 10.2. The quantitative estimate of drug-likeness (QED) is 0.780. The minimum absolute atomic E-state index is 0.447. The number of hydrogen-bond acceptors (Lipinski definition) is 2. The highest BCUT2D eigenvalue weighted by Crippen LogP contribution is 2.31. The van der Waals surface area contributed by atoms with E-state index >= 15 is 0 Å². The third-order valence-corrected chi connectivity index (χ3v) is 2.27. The molecule has 0 bridgehead atoms. The lowest BCUT2D eigenvalue weighted by Gasteiger charge is -2.07. The van der Waals surface area contributed by atoms with E-state index in [1.807, 2.05) is 0 Å². The van der Waals surface area contributed by atoms with Crippen LogP contribution in [0.1, 0.15) is 5.56 Å². The number of ether oxygens (including phenoxy) is 2. The van der Waals surface area contributed by atoms with Crippen LogP contribution in [0.15, 0.2) is 12.1 Å². The predicted molar refractivity (Wildman–Crippen MR) is 53.7 cm³/mol. The van der Waals surface area contributed by atoms with E-state index in [1.54, 1.807) is 26.4 Å². The summed E-state index contributed by atoms with van der Waals surface area (Å²) in [4.78, 5) is 0. The van der Waals surface area contributed by atoms with Gasteiger partial charge in [-0.1, -0.05) is 23.2 Å². The van der Waals surface area contributed by atoms with E-state index in [0.29, 0.717) is 22.4 Å². The highest BCUT2D eigenvalue weighted by molar-refractivity contribution is 6.34. The molecule has 0 heterocycles. The maximum Gasteiger partial charge on any atom is 0.138 e. The Bertz CT molecular complexity index is 300. The van der Waals surface area contributed by atoms with Crippen molar-refractivity contribution in [2.24, 2.45) is 0 Å². The average molecular weight is 221 g/mol. The molecule has 0 fully saturated rings. The van der Waals surface area contributed by atoms with E-state index < -0.39 is 0 Å². The van der Waals surface area contributed by atoms with Crippen molar-refractivity contribution in [2.45, 2.75) is 6.61 Å². The Labute approximate surface area is 87.4 Å². The molecule has 0 saturated carbocycles. The van der Waals surface area contributed by atoms with Crippen molar-refractivity contribution < 1.29 is 9.47 Å². The normalized spacial score (nSPS) is 10.2. The van der Waals surface area contributed by atoms with E-state index in [2.05, 4.69) is 0 Å². The van der Waals surface area contributed by atoms with Crippen LogP contribution in [0, 0.1) is 0 Å². The van der Waals surface area contributed by atoms with Crippen LogP contribution in [0.4, 0.5) is 0 Å². The Morgan fingerprint density at radius 3 is 2.38 bits per heavy atom. The molecule has 0 amide bonds. The molecule has 0 unspecified atom stereocenters. The van der Waals surface area contributed by atoms with Gasteiger partial charge in [0.25, 0.3) is 0 Å². The second kappa shape index (κ2) is 4.70. The van der Waals surface area contributed by atoms with Gasteiger partial charge in [0, 0.05) is 18.2 Å². The van der Waals surface area contributed by atoms with Gasteiger partial charge in [0.2, 0.25) is 0 Å². The number of hydrogen-bond donors (Lipinski definition) is 0. The van der Waals surface area contributed by atoms with Crippen LogP contribution >= 0.6 is 23.2 Å². The van der Waals surface area contributed by atoms with E-state index in [9.17, 15) is 0 Å². The van der Waals surface area contributed by atoms with Gasteiger partial charge in [-0.25, -0.2) is 0 Å². The highest BCUT2D eigenvalue weighted by Gasteiger charge is 2.06. The summed E-state index contributed by atoms with van der Waals surface area (Å²) in [6, 6.07) is 3.42. The molecule has 0 radical (unpaired) electrons. The zero-order valence-electron chi connectivity index (χ0n) is 7.43. The van der Waals surface area contributed by atoms with Crippen LogP contribution in [-0.2, 0) is 11.3 Å². The first-order valence-electron chi connectivity index (χ1n) is 3.70. The largest absolute Gasteiger partial charge is 0.495 e. The topological polar surface area (TPSA) is 18.5 Å².